The van der Waals surface area contributed by atoms with Gasteiger partial charge in [-0.25, -0.2) is 23.2 Å². The Bertz CT molecular complexity index is 1330. The predicted octanol–water partition coefficient (Wildman–Crippen LogP) is 4.90. The van der Waals surface area contributed by atoms with Crippen molar-refractivity contribution in [1.82, 2.24) is 5.32 Å². The molecule has 0 aliphatic rings. The van der Waals surface area contributed by atoms with Crippen LogP contribution in [0.15, 0.2) is 66.7 Å². The average Bonchev–Trinajstić information content (AvgIpc) is 2.90. The number of nitrogens with one attached hydrogen (secondary N) is 1. The SMILES string of the molecule is COC(=O)[C@H](CSC(=O)Oc1ccc(-c2ccc(F)cc2F)cc1C(=O)OCc1ccccc1)NC(C)=O. The number of thioether (sulfide) groups is 1. The number of esters is 2. The summed E-state index contributed by atoms with van der Waals surface area (Å²) in [6.07, 6.45) is 0. The number of hydrogen-bond acceptors (Lipinski definition) is 8. The second kappa shape index (κ2) is 13.3. The number of benzene rings is 3. The van der Waals surface area contributed by atoms with E-state index in [1.54, 1.807) is 30.3 Å². The Hall–Kier alpha value is -4.25. The number of methoxy groups -OCH3 is 1. The van der Waals surface area contributed by atoms with Gasteiger partial charge >= 0.3 is 17.2 Å². The van der Waals surface area contributed by atoms with Gasteiger partial charge in [0.2, 0.25) is 5.91 Å². The molecule has 0 aliphatic heterocycles. The highest BCUT2D eigenvalue weighted by Crippen LogP contribution is 2.30. The molecule has 0 spiro atoms. The number of ether oxygens (including phenoxy) is 3. The summed E-state index contributed by atoms with van der Waals surface area (Å²) in [7, 11) is 1.14. The first-order valence-electron chi connectivity index (χ1n) is 11.2. The highest BCUT2D eigenvalue weighted by molar-refractivity contribution is 8.13. The van der Waals surface area contributed by atoms with E-state index in [0.717, 1.165) is 13.2 Å². The van der Waals surface area contributed by atoms with Gasteiger partial charge in [-0.05, 0) is 47.2 Å². The molecule has 0 radical (unpaired) electrons. The smallest absolute Gasteiger partial charge is 0.372 e. The van der Waals surface area contributed by atoms with E-state index in [0.29, 0.717) is 23.4 Å². The average molecular weight is 544 g/mol. The Morgan fingerprint density at radius 2 is 1.71 bits per heavy atom. The van der Waals surface area contributed by atoms with E-state index < -0.39 is 40.8 Å². The molecule has 1 atom stereocenters. The van der Waals surface area contributed by atoms with Crippen molar-refractivity contribution in [1.29, 1.82) is 0 Å². The monoisotopic (exact) mass is 543 g/mol. The first-order chi connectivity index (χ1) is 18.2. The molecular formula is C27H23F2NO7S. The van der Waals surface area contributed by atoms with E-state index in [-0.39, 0.29) is 34.8 Å². The molecule has 0 heterocycles. The van der Waals surface area contributed by atoms with Crippen molar-refractivity contribution in [3.8, 4) is 16.9 Å². The summed E-state index contributed by atoms with van der Waals surface area (Å²) in [6, 6.07) is 14.7. The molecule has 1 amide bonds. The van der Waals surface area contributed by atoms with Crippen LogP contribution in [0, 0.1) is 11.6 Å². The topological polar surface area (TPSA) is 108 Å². The van der Waals surface area contributed by atoms with Gasteiger partial charge in [-0.1, -0.05) is 36.4 Å². The summed E-state index contributed by atoms with van der Waals surface area (Å²) in [5, 5.41) is 1.48. The second-order valence-electron chi connectivity index (χ2n) is 7.84. The molecule has 0 unspecified atom stereocenters. The largest absolute Gasteiger partial charge is 0.467 e. The molecule has 38 heavy (non-hydrogen) atoms. The third-order valence-electron chi connectivity index (χ3n) is 5.08. The van der Waals surface area contributed by atoms with Gasteiger partial charge in [0.05, 0.1) is 7.11 Å². The first-order valence-corrected chi connectivity index (χ1v) is 12.2. The maximum atomic E-state index is 14.4. The van der Waals surface area contributed by atoms with Crippen LogP contribution in [0.1, 0.15) is 22.8 Å². The van der Waals surface area contributed by atoms with Crippen LogP contribution >= 0.6 is 11.8 Å². The lowest BCUT2D eigenvalue weighted by Gasteiger charge is -2.15. The van der Waals surface area contributed by atoms with Crippen LogP contribution in [-0.4, -0.2) is 42.1 Å². The summed E-state index contributed by atoms with van der Waals surface area (Å²) in [4.78, 5) is 48.7. The summed E-state index contributed by atoms with van der Waals surface area (Å²) >= 11 is 0.570. The van der Waals surface area contributed by atoms with Crippen LogP contribution in [-0.2, 0) is 25.7 Å². The zero-order chi connectivity index (χ0) is 27.7. The number of carbonyl (C=O) groups excluding carboxylic acids is 4. The third-order valence-corrected chi connectivity index (χ3v) is 5.90. The van der Waals surface area contributed by atoms with E-state index in [2.05, 4.69) is 10.1 Å². The lowest BCUT2D eigenvalue weighted by atomic mass is 10.0. The second-order valence-corrected chi connectivity index (χ2v) is 8.79. The zero-order valence-corrected chi connectivity index (χ0v) is 21.2. The fraction of sp³-hybridized carbons (Fsp3) is 0.185. The summed E-state index contributed by atoms with van der Waals surface area (Å²) in [5.41, 5.74) is 0.773. The van der Waals surface area contributed by atoms with Crippen LogP contribution < -0.4 is 10.1 Å². The minimum Gasteiger partial charge on any atom is -0.467 e. The first kappa shape index (κ1) is 28.3. The number of hydrogen-bond donors (Lipinski definition) is 1. The van der Waals surface area contributed by atoms with Gasteiger partial charge in [-0.3, -0.25) is 4.79 Å². The van der Waals surface area contributed by atoms with Crippen molar-refractivity contribution >= 4 is 34.9 Å². The number of halogens is 2. The van der Waals surface area contributed by atoms with Crippen molar-refractivity contribution in [3.63, 3.8) is 0 Å². The van der Waals surface area contributed by atoms with Gasteiger partial charge in [0.15, 0.2) is 0 Å². The van der Waals surface area contributed by atoms with Crippen LogP contribution in [0.3, 0.4) is 0 Å². The van der Waals surface area contributed by atoms with Gasteiger partial charge in [-0.2, -0.15) is 0 Å². The molecule has 11 heteroatoms. The summed E-state index contributed by atoms with van der Waals surface area (Å²) < 4.78 is 43.1. The molecule has 3 aromatic rings. The van der Waals surface area contributed by atoms with Crippen molar-refractivity contribution in [2.75, 3.05) is 12.9 Å². The van der Waals surface area contributed by atoms with Gasteiger partial charge in [0.1, 0.15) is 35.6 Å². The van der Waals surface area contributed by atoms with Crippen molar-refractivity contribution in [3.05, 3.63) is 89.5 Å². The Morgan fingerprint density at radius 3 is 2.37 bits per heavy atom. The molecule has 198 valence electrons. The maximum absolute atomic E-state index is 14.4. The van der Waals surface area contributed by atoms with Crippen LogP contribution in [0.2, 0.25) is 0 Å². The molecule has 0 fully saturated rings. The van der Waals surface area contributed by atoms with E-state index in [1.165, 1.54) is 31.2 Å². The Kier molecular flexibility index (Phi) is 9.94. The standard InChI is InChI=1S/C27H23F2NO7S/c1-16(31)30-23(26(33)35-2)15-38-27(34)37-24-11-8-18(20-10-9-19(28)13-22(20)29)12-21(24)25(32)36-14-17-6-4-3-5-7-17/h3-13,23H,14-15H2,1-2H3,(H,30,31)/t23-/m0/s1. The fourth-order valence-corrected chi connectivity index (χ4v) is 3.97. The van der Waals surface area contributed by atoms with Crippen molar-refractivity contribution in [2.45, 2.75) is 19.6 Å². The molecular weight excluding hydrogens is 520 g/mol. The number of carbonyl (C=O) groups is 4. The number of amides is 1. The van der Waals surface area contributed by atoms with E-state index in [4.69, 9.17) is 9.47 Å². The third kappa shape index (κ3) is 7.87. The van der Waals surface area contributed by atoms with E-state index in [1.807, 2.05) is 0 Å². The molecule has 8 nitrogen and oxygen atoms in total. The van der Waals surface area contributed by atoms with Crippen molar-refractivity contribution < 1.29 is 42.2 Å². The Balaban J connectivity index is 1.84. The fourth-order valence-electron chi connectivity index (χ4n) is 3.30. The molecule has 0 bridgehead atoms. The quantitative estimate of drug-likeness (QED) is 0.380. The Morgan fingerprint density at radius 1 is 0.974 bits per heavy atom. The normalized spacial score (nSPS) is 11.3. The molecule has 1 N–H and O–H groups in total. The van der Waals surface area contributed by atoms with E-state index in [9.17, 15) is 28.0 Å². The zero-order valence-electron chi connectivity index (χ0n) is 20.4. The highest BCUT2D eigenvalue weighted by Gasteiger charge is 2.24. The summed E-state index contributed by atoms with van der Waals surface area (Å²) in [5.74, 6) is -4.09. The molecule has 0 aliphatic carbocycles. The number of rotatable bonds is 9. The Labute approximate surface area is 221 Å². The van der Waals surface area contributed by atoms with Crippen molar-refractivity contribution in [2.24, 2.45) is 0 Å². The van der Waals surface area contributed by atoms with Gasteiger partial charge < -0.3 is 19.5 Å². The predicted molar refractivity (Wildman–Crippen MR) is 135 cm³/mol. The molecule has 3 aromatic carbocycles. The van der Waals surface area contributed by atoms with Gasteiger partial charge in [0, 0.05) is 24.3 Å². The van der Waals surface area contributed by atoms with Gasteiger partial charge in [-0.15, -0.1) is 0 Å². The van der Waals surface area contributed by atoms with Crippen LogP contribution in [0.4, 0.5) is 13.6 Å². The van der Waals surface area contributed by atoms with Crippen LogP contribution in [0.5, 0.6) is 5.75 Å². The lowest BCUT2D eigenvalue weighted by molar-refractivity contribution is -0.144. The minimum atomic E-state index is -1.10. The molecule has 0 aromatic heterocycles. The van der Waals surface area contributed by atoms with Crippen LogP contribution in [0.25, 0.3) is 11.1 Å². The lowest BCUT2D eigenvalue weighted by Crippen LogP contribution is -2.42. The van der Waals surface area contributed by atoms with E-state index >= 15 is 0 Å². The molecule has 0 saturated carbocycles. The molecule has 0 saturated heterocycles. The maximum Gasteiger partial charge on any atom is 0.372 e. The highest BCUT2D eigenvalue weighted by atomic mass is 32.2. The summed E-state index contributed by atoms with van der Waals surface area (Å²) in [6.45, 7) is 1.13. The minimum absolute atomic E-state index is 0.0204. The molecule has 3 rings (SSSR count). The van der Waals surface area contributed by atoms with Gasteiger partial charge in [0.25, 0.3) is 0 Å².